The fourth-order valence-electron chi connectivity index (χ4n) is 2.84. The Morgan fingerprint density at radius 2 is 2.08 bits per heavy atom. The molecule has 0 spiro atoms. The molecule has 0 aliphatic carbocycles. The van der Waals surface area contributed by atoms with Crippen molar-refractivity contribution in [1.82, 2.24) is 5.32 Å². The Morgan fingerprint density at radius 1 is 1.29 bits per heavy atom. The number of methoxy groups -OCH3 is 1. The zero-order valence-electron chi connectivity index (χ0n) is 13.4. The van der Waals surface area contributed by atoms with Gasteiger partial charge in [0, 0.05) is 19.2 Å². The van der Waals surface area contributed by atoms with Crippen LogP contribution in [0, 0.1) is 5.82 Å². The number of hydrogen-bond donors (Lipinski definition) is 2. The minimum absolute atomic E-state index is 0. The summed E-state index contributed by atoms with van der Waals surface area (Å²) in [6, 6.07) is 10.6. The van der Waals surface area contributed by atoms with Crippen LogP contribution in [0.2, 0.25) is 0 Å². The molecular formula is C18H20ClFN2O2. The molecule has 1 aliphatic rings. The molecule has 0 unspecified atom stereocenters. The lowest BCUT2D eigenvalue weighted by atomic mass is 9.99. The first-order valence-electron chi connectivity index (χ1n) is 7.60. The zero-order valence-corrected chi connectivity index (χ0v) is 14.2. The molecule has 2 aromatic rings. The smallest absolute Gasteiger partial charge is 0.256 e. The van der Waals surface area contributed by atoms with E-state index < -0.39 is 0 Å². The van der Waals surface area contributed by atoms with Crippen LogP contribution in [-0.4, -0.2) is 19.6 Å². The van der Waals surface area contributed by atoms with E-state index in [9.17, 15) is 9.18 Å². The largest absolute Gasteiger partial charge is 0.380 e. The van der Waals surface area contributed by atoms with Crippen molar-refractivity contribution in [3.63, 3.8) is 0 Å². The summed E-state index contributed by atoms with van der Waals surface area (Å²) in [5, 5.41) is 5.89. The fraction of sp³-hybridized carbons (Fsp3) is 0.278. The van der Waals surface area contributed by atoms with Crippen molar-refractivity contribution in [2.75, 3.05) is 19.0 Å². The van der Waals surface area contributed by atoms with Crippen LogP contribution in [0.3, 0.4) is 0 Å². The molecule has 0 radical (unpaired) electrons. The molecule has 24 heavy (non-hydrogen) atoms. The van der Waals surface area contributed by atoms with Crippen molar-refractivity contribution in [3.8, 4) is 0 Å². The van der Waals surface area contributed by atoms with Gasteiger partial charge in [-0.15, -0.1) is 12.4 Å². The second-order valence-electron chi connectivity index (χ2n) is 5.54. The van der Waals surface area contributed by atoms with E-state index in [-0.39, 0.29) is 29.8 Å². The summed E-state index contributed by atoms with van der Waals surface area (Å²) in [5.74, 6) is -0.660. The minimum atomic E-state index is -0.332. The number of halogens is 2. The molecule has 0 bridgehead atoms. The van der Waals surface area contributed by atoms with Crippen LogP contribution in [0.4, 0.5) is 10.1 Å². The maximum absolute atomic E-state index is 14.6. The molecule has 0 saturated carbocycles. The highest BCUT2D eigenvalue weighted by Crippen LogP contribution is 2.25. The molecule has 1 aliphatic heterocycles. The van der Waals surface area contributed by atoms with Gasteiger partial charge in [-0.3, -0.25) is 4.79 Å². The second-order valence-corrected chi connectivity index (χ2v) is 5.54. The number of amides is 1. The monoisotopic (exact) mass is 350 g/mol. The van der Waals surface area contributed by atoms with Gasteiger partial charge in [-0.2, -0.15) is 0 Å². The number of fused-ring (bicyclic) bond motifs is 1. The minimum Gasteiger partial charge on any atom is -0.380 e. The highest BCUT2D eigenvalue weighted by Gasteiger charge is 2.18. The van der Waals surface area contributed by atoms with Crippen molar-refractivity contribution in [2.45, 2.75) is 19.6 Å². The van der Waals surface area contributed by atoms with Gasteiger partial charge in [-0.25, -0.2) is 4.39 Å². The summed E-state index contributed by atoms with van der Waals surface area (Å²) in [6.45, 7) is 1.75. The van der Waals surface area contributed by atoms with E-state index in [4.69, 9.17) is 4.74 Å². The SMILES string of the molecule is COCc1ccccc1C(=O)Nc1ccc2c(c1F)CCNC2.Cl. The predicted molar refractivity (Wildman–Crippen MR) is 94.2 cm³/mol. The lowest BCUT2D eigenvalue weighted by molar-refractivity contribution is 0.102. The molecule has 1 amide bonds. The van der Waals surface area contributed by atoms with Gasteiger partial charge in [0.2, 0.25) is 0 Å². The number of benzene rings is 2. The van der Waals surface area contributed by atoms with Gasteiger partial charge in [0.1, 0.15) is 5.82 Å². The number of nitrogens with one attached hydrogen (secondary N) is 2. The van der Waals surface area contributed by atoms with Crippen LogP contribution in [0.5, 0.6) is 0 Å². The van der Waals surface area contributed by atoms with E-state index in [0.29, 0.717) is 30.7 Å². The lowest BCUT2D eigenvalue weighted by Gasteiger charge is -2.19. The average Bonchev–Trinajstić information content (AvgIpc) is 2.58. The van der Waals surface area contributed by atoms with Crippen LogP contribution >= 0.6 is 12.4 Å². The Morgan fingerprint density at radius 3 is 2.88 bits per heavy atom. The van der Waals surface area contributed by atoms with Crippen molar-refractivity contribution < 1.29 is 13.9 Å². The molecule has 0 saturated heterocycles. The first-order valence-corrected chi connectivity index (χ1v) is 7.60. The van der Waals surface area contributed by atoms with Gasteiger partial charge >= 0.3 is 0 Å². The van der Waals surface area contributed by atoms with Gasteiger partial charge in [0.05, 0.1) is 12.3 Å². The fourth-order valence-corrected chi connectivity index (χ4v) is 2.84. The Hall–Kier alpha value is -1.95. The lowest BCUT2D eigenvalue weighted by Crippen LogP contribution is -2.25. The van der Waals surface area contributed by atoms with E-state index in [0.717, 1.165) is 17.7 Å². The molecule has 0 aromatic heterocycles. The summed E-state index contributed by atoms with van der Waals surface area (Å²) in [5.41, 5.74) is 3.13. The number of ether oxygens (including phenoxy) is 1. The molecule has 1 heterocycles. The zero-order chi connectivity index (χ0) is 16.2. The molecule has 0 atom stereocenters. The van der Waals surface area contributed by atoms with E-state index in [2.05, 4.69) is 10.6 Å². The van der Waals surface area contributed by atoms with Crippen LogP contribution in [0.1, 0.15) is 27.0 Å². The van der Waals surface area contributed by atoms with Crippen LogP contribution in [-0.2, 0) is 24.3 Å². The number of hydrogen-bond acceptors (Lipinski definition) is 3. The van der Waals surface area contributed by atoms with Crippen molar-refractivity contribution in [3.05, 3.63) is 64.5 Å². The van der Waals surface area contributed by atoms with Crippen LogP contribution in [0.25, 0.3) is 0 Å². The van der Waals surface area contributed by atoms with Gasteiger partial charge < -0.3 is 15.4 Å². The Balaban J connectivity index is 0.00000208. The first kappa shape index (κ1) is 18.4. The number of carbonyl (C=O) groups is 1. The van der Waals surface area contributed by atoms with E-state index >= 15 is 0 Å². The maximum atomic E-state index is 14.6. The van der Waals surface area contributed by atoms with Gasteiger partial charge in [0.25, 0.3) is 5.91 Å². The molecule has 128 valence electrons. The molecular weight excluding hydrogens is 331 g/mol. The van der Waals surface area contributed by atoms with Crippen molar-refractivity contribution >= 4 is 24.0 Å². The van der Waals surface area contributed by atoms with E-state index in [1.54, 1.807) is 25.3 Å². The van der Waals surface area contributed by atoms with Crippen LogP contribution in [0.15, 0.2) is 36.4 Å². The number of anilines is 1. The quantitative estimate of drug-likeness (QED) is 0.889. The topological polar surface area (TPSA) is 50.4 Å². The average molecular weight is 351 g/mol. The molecule has 3 rings (SSSR count). The third kappa shape index (κ3) is 3.75. The van der Waals surface area contributed by atoms with E-state index in [1.807, 2.05) is 18.2 Å². The second kappa shape index (κ2) is 8.24. The van der Waals surface area contributed by atoms with Crippen LogP contribution < -0.4 is 10.6 Å². The molecule has 6 heteroatoms. The summed E-state index contributed by atoms with van der Waals surface area (Å²) in [4.78, 5) is 12.5. The number of carbonyl (C=O) groups excluding carboxylic acids is 1. The standard InChI is InChI=1S/C18H19FN2O2.ClH/c1-23-11-13-4-2-3-5-15(13)18(22)21-16-7-6-12-10-20-9-8-14(12)17(16)19;/h2-7,20H,8-11H2,1H3,(H,21,22);1H. The predicted octanol–water partition coefficient (Wildman–Crippen LogP) is 3.29. The Kier molecular flexibility index (Phi) is 6.31. The highest BCUT2D eigenvalue weighted by atomic mass is 35.5. The Labute approximate surface area is 146 Å². The third-order valence-electron chi connectivity index (χ3n) is 4.02. The first-order chi connectivity index (χ1) is 11.2. The van der Waals surface area contributed by atoms with E-state index in [1.165, 1.54) is 0 Å². The number of rotatable bonds is 4. The summed E-state index contributed by atoms with van der Waals surface area (Å²) >= 11 is 0. The third-order valence-corrected chi connectivity index (χ3v) is 4.02. The van der Waals surface area contributed by atoms with Gasteiger partial charge in [0.15, 0.2) is 0 Å². The Bertz CT molecular complexity index is 737. The normalized spacial score (nSPS) is 12.9. The molecule has 2 aromatic carbocycles. The van der Waals surface area contributed by atoms with Gasteiger partial charge in [-0.1, -0.05) is 24.3 Å². The summed E-state index contributed by atoms with van der Waals surface area (Å²) in [7, 11) is 1.58. The summed E-state index contributed by atoms with van der Waals surface area (Å²) < 4.78 is 19.7. The summed E-state index contributed by atoms with van der Waals surface area (Å²) in [6.07, 6.45) is 0.630. The molecule has 4 nitrogen and oxygen atoms in total. The molecule has 2 N–H and O–H groups in total. The maximum Gasteiger partial charge on any atom is 0.256 e. The van der Waals surface area contributed by atoms with Crippen molar-refractivity contribution in [2.24, 2.45) is 0 Å². The van der Waals surface area contributed by atoms with Gasteiger partial charge in [-0.05, 0) is 41.8 Å². The highest BCUT2D eigenvalue weighted by molar-refractivity contribution is 6.05. The molecule has 0 fully saturated rings. The van der Waals surface area contributed by atoms with Crippen molar-refractivity contribution in [1.29, 1.82) is 0 Å².